The zero-order valence-electron chi connectivity index (χ0n) is 27.6. The van der Waals surface area contributed by atoms with Gasteiger partial charge in [0.25, 0.3) is 0 Å². The van der Waals surface area contributed by atoms with E-state index in [-0.39, 0.29) is 12.5 Å². The fourth-order valence-electron chi connectivity index (χ4n) is 5.62. The number of nitrogens with zero attached hydrogens (tertiary/aromatic N) is 1. The second-order valence-corrected chi connectivity index (χ2v) is 12.3. The van der Waals surface area contributed by atoms with Gasteiger partial charge in [-0.2, -0.15) is 0 Å². The molecular weight excluding hydrogens is 506 g/mol. The van der Waals surface area contributed by atoms with Crippen LogP contribution in [0, 0.1) is 5.92 Å². The summed E-state index contributed by atoms with van der Waals surface area (Å²) in [5.41, 5.74) is 0. The van der Waals surface area contributed by atoms with Crippen molar-refractivity contribution >= 4 is 5.97 Å². The van der Waals surface area contributed by atoms with Gasteiger partial charge in [0.05, 0.1) is 12.5 Å². The number of hydrogen-bond donors (Lipinski definition) is 2. The van der Waals surface area contributed by atoms with E-state index in [0.717, 1.165) is 71.0 Å². The summed E-state index contributed by atoms with van der Waals surface area (Å²) in [7, 11) is 0. The van der Waals surface area contributed by atoms with Crippen molar-refractivity contribution in [2.45, 2.75) is 174 Å². The predicted molar refractivity (Wildman–Crippen MR) is 180 cm³/mol. The average molecular weight is 578 g/mol. The lowest BCUT2D eigenvalue weighted by molar-refractivity contribution is -0.142. The molecule has 41 heavy (non-hydrogen) atoms. The second kappa shape index (κ2) is 33.4. The zero-order valence-corrected chi connectivity index (χ0v) is 27.6. The molecule has 0 rings (SSSR count). The zero-order chi connectivity index (χ0) is 30.1. The summed E-state index contributed by atoms with van der Waals surface area (Å²) in [5.74, 6) is -0.751. The first-order chi connectivity index (χ1) is 20.2. The number of aliphatic hydroxyl groups is 1. The van der Waals surface area contributed by atoms with Gasteiger partial charge < -0.3 is 15.1 Å². The fraction of sp³-hybridized carbons (Fsp3) is 0.865. The molecule has 4 heteroatoms. The number of rotatable bonds is 33. The number of aliphatic hydroxyl groups excluding tert-OH is 1. The molecule has 0 aromatic rings. The lowest BCUT2D eigenvalue weighted by atomic mass is 9.94. The molecule has 4 nitrogen and oxygen atoms in total. The Morgan fingerprint density at radius 3 is 1.46 bits per heavy atom. The number of hydrogen-bond acceptors (Lipinski definition) is 3. The number of carbonyl (C=O) groups is 1. The van der Waals surface area contributed by atoms with Gasteiger partial charge in [-0.15, -0.1) is 0 Å². The number of unbranched alkanes of at least 4 members (excludes halogenated alkanes) is 18. The molecule has 0 saturated heterocycles. The molecule has 0 aliphatic heterocycles. The monoisotopic (exact) mass is 578 g/mol. The number of aliphatic carboxylic acids is 1. The Hall–Kier alpha value is -1.13. The van der Waals surface area contributed by atoms with E-state index in [2.05, 4.69) is 43.1 Å². The number of carboxylic acid groups (broad SMARTS) is 1. The maximum absolute atomic E-state index is 11.6. The molecule has 0 radical (unpaired) electrons. The van der Waals surface area contributed by atoms with E-state index in [1.807, 2.05) is 0 Å². The van der Waals surface area contributed by atoms with Crippen molar-refractivity contribution in [2.75, 3.05) is 26.2 Å². The second-order valence-electron chi connectivity index (χ2n) is 12.3. The molecule has 0 bridgehead atoms. The molecule has 0 spiro atoms. The predicted octanol–water partition coefficient (Wildman–Crippen LogP) is 10.9. The maximum Gasteiger partial charge on any atom is 0.306 e. The Morgan fingerprint density at radius 2 is 0.976 bits per heavy atom. The molecule has 0 aliphatic rings. The van der Waals surface area contributed by atoms with Crippen LogP contribution in [-0.2, 0) is 4.79 Å². The Bertz CT molecular complexity index is 589. The normalized spacial score (nSPS) is 12.8. The third kappa shape index (κ3) is 30.1. The van der Waals surface area contributed by atoms with Crippen molar-refractivity contribution in [1.82, 2.24) is 4.90 Å². The Balaban J connectivity index is 3.72. The van der Waals surface area contributed by atoms with Crippen LogP contribution in [0.2, 0.25) is 0 Å². The summed E-state index contributed by atoms with van der Waals surface area (Å²) < 4.78 is 0. The van der Waals surface area contributed by atoms with Crippen LogP contribution in [0.5, 0.6) is 0 Å². The van der Waals surface area contributed by atoms with Gasteiger partial charge in [-0.1, -0.05) is 141 Å². The standard InChI is InChI=1S/C37H71NO3/c1-3-5-7-9-11-12-13-14-15-16-17-18-19-21-24-28-32-38(34-35-39)33-29-25-23-27-31-36(37(40)41)30-26-22-20-10-8-6-4-2/h11-12,14-15,36,39H,3-10,13,16-35H2,1-2H3,(H,40,41)/b12-11-,15-14-. The Labute approximate surface area is 256 Å². The van der Waals surface area contributed by atoms with Crippen LogP contribution < -0.4 is 0 Å². The first-order valence-electron chi connectivity index (χ1n) is 18.0. The van der Waals surface area contributed by atoms with E-state index in [1.165, 1.54) is 109 Å². The molecule has 242 valence electrons. The Kier molecular flexibility index (Phi) is 32.5. The highest BCUT2D eigenvalue weighted by Gasteiger charge is 2.16. The quantitative estimate of drug-likeness (QED) is 0.0601. The molecule has 1 unspecified atom stereocenters. The van der Waals surface area contributed by atoms with Crippen molar-refractivity contribution in [3.8, 4) is 0 Å². The number of allylic oxidation sites excluding steroid dienone is 4. The summed E-state index contributed by atoms with van der Waals surface area (Å²) in [6.45, 7) is 7.66. The molecule has 0 saturated carbocycles. The van der Waals surface area contributed by atoms with Gasteiger partial charge in [-0.25, -0.2) is 0 Å². The van der Waals surface area contributed by atoms with Gasteiger partial charge in [0.15, 0.2) is 0 Å². The maximum atomic E-state index is 11.6. The fourth-order valence-corrected chi connectivity index (χ4v) is 5.62. The minimum absolute atomic E-state index is 0.152. The van der Waals surface area contributed by atoms with E-state index in [1.54, 1.807) is 0 Å². The van der Waals surface area contributed by atoms with Crippen LogP contribution >= 0.6 is 0 Å². The highest BCUT2D eigenvalue weighted by Crippen LogP contribution is 2.19. The SMILES string of the molecule is CCCCC/C=C\C/C=C\CCCCCCCCN(CCO)CCCCCCC(CCCCCCCCC)C(=O)O. The van der Waals surface area contributed by atoms with Crippen molar-refractivity contribution in [3.63, 3.8) is 0 Å². The molecule has 0 aromatic carbocycles. The van der Waals surface area contributed by atoms with Crippen LogP contribution in [0.4, 0.5) is 0 Å². The summed E-state index contributed by atoms with van der Waals surface area (Å²) in [4.78, 5) is 14.1. The summed E-state index contributed by atoms with van der Waals surface area (Å²) >= 11 is 0. The van der Waals surface area contributed by atoms with Gasteiger partial charge in [0.1, 0.15) is 0 Å². The average Bonchev–Trinajstić information content (AvgIpc) is 2.96. The smallest absolute Gasteiger partial charge is 0.306 e. The largest absolute Gasteiger partial charge is 0.481 e. The molecular formula is C37H71NO3. The molecule has 0 aromatic heterocycles. The van der Waals surface area contributed by atoms with Gasteiger partial charge in [0, 0.05) is 6.54 Å². The first kappa shape index (κ1) is 39.9. The van der Waals surface area contributed by atoms with Crippen LogP contribution in [-0.4, -0.2) is 47.3 Å². The van der Waals surface area contributed by atoms with Crippen molar-refractivity contribution < 1.29 is 15.0 Å². The molecule has 1 atom stereocenters. The van der Waals surface area contributed by atoms with Gasteiger partial charge in [0.2, 0.25) is 0 Å². The summed E-state index contributed by atoms with van der Waals surface area (Å²) in [5, 5.41) is 19.0. The molecule has 0 heterocycles. The minimum Gasteiger partial charge on any atom is -0.481 e. The van der Waals surface area contributed by atoms with E-state index >= 15 is 0 Å². The van der Waals surface area contributed by atoms with Crippen molar-refractivity contribution in [3.05, 3.63) is 24.3 Å². The highest BCUT2D eigenvalue weighted by atomic mass is 16.4. The highest BCUT2D eigenvalue weighted by molar-refractivity contribution is 5.69. The van der Waals surface area contributed by atoms with Gasteiger partial charge in [-0.3, -0.25) is 4.79 Å². The van der Waals surface area contributed by atoms with Gasteiger partial charge in [-0.05, 0) is 70.9 Å². The number of carboxylic acids is 1. The van der Waals surface area contributed by atoms with Crippen LogP contribution in [0.25, 0.3) is 0 Å². The van der Waals surface area contributed by atoms with Crippen molar-refractivity contribution in [1.29, 1.82) is 0 Å². The molecule has 0 fully saturated rings. The molecule has 0 amide bonds. The molecule has 0 aliphatic carbocycles. The summed E-state index contributed by atoms with van der Waals surface area (Å²) in [6.07, 6.45) is 39.5. The third-order valence-electron chi connectivity index (χ3n) is 8.37. The third-order valence-corrected chi connectivity index (χ3v) is 8.37. The topological polar surface area (TPSA) is 60.8 Å². The van der Waals surface area contributed by atoms with E-state index in [9.17, 15) is 15.0 Å². The van der Waals surface area contributed by atoms with Gasteiger partial charge >= 0.3 is 5.97 Å². The van der Waals surface area contributed by atoms with Crippen LogP contribution in [0.3, 0.4) is 0 Å². The van der Waals surface area contributed by atoms with E-state index in [0.29, 0.717) is 0 Å². The lowest BCUT2D eigenvalue weighted by Crippen LogP contribution is -2.29. The van der Waals surface area contributed by atoms with E-state index < -0.39 is 5.97 Å². The lowest BCUT2D eigenvalue weighted by Gasteiger charge is -2.21. The van der Waals surface area contributed by atoms with E-state index in [4.69, 9.17) is 0 Å². The summed E-state index contributed by atoms with van der Waals surface area (Å²) in [6, 6.07) is 0. The first-order valence-corrected chi connectivity index (χ1v) is 18.0. The van der Waals surface area contributed by atoms with Crippen LogP contribution in [0.1, 0.15) is 174 Å². The van der Waals surface area contributed by atoms with Crippen molar-refractivity contribution in [2.24, 2.45) is 5.92 Å². The Morgan fingerprint density at radius 1 is 0.561 bits per heavy atom. The molecule has 2 N–H and O–H groups in total. The van der Waals surface area contributed by atoms with Crippen LogP contribution in [0.15, 0.2) is 24.3 Å². The minimum atomic E-state index is -0.599.